The Morgan fingerprint density at radius 1 is 1.32 bits per heavy atom. The molecule has 106 valence electrons. The number of halogens is 2. The molecular formula is C15H21F2NO. The van der Waals surface area contributed by atoms with Crippen LogP contribution in [-0.2, 0) is 0 Å². The summed E-state index contributed by atoms with van der Waals surface area (Å²) in [5, 5.41) is 10.1. The molecule has 2 nitrogen and oxygen atoms in total. The molecule has 0 spiro atoms. The van der Waals surface area contributed by atoms with E-state index in [1.54, 1.807) is 0 Å². The van der Waals surface area contributed by atoms with Crippen molar-refractivity contribution in [2.24, 2.45) is 0 Å². The van der Waals surface area contributed by atoms with Gasteiger partial charge >= 0.3 is 0 Å². The van der Waals surface area contributed by atoms with Gasteiger partial charge in [-0.15, -0.1) is 0 Å². The zero-order valence-electron chi connectivity index (χ0n) is 11.3. The van der Waals surface area contributed by atoms with Gasteiger partial charge in [0.25, 0.3) is 0 Å². The molecular weight excluding hydrogens is 248 g/mol. The van der Waals surface area contributed by atoms with Gasteiger partial charge in [0.15, 0.2) is 0 Å². The predicted molar refractivity (Wildman–Crippen MR) is 70.8 cm³/mol. The molecule has 1 unspecified atom stereocenters. The molecule has 0 radical (unpaired) electrons. The van der Waals surface area contributed by atoms with E-state index in [2.05, 4.69) is 4.90 Å². The SMILES string of the molecule is CCN(CC(O)c1ccc(F)cc1F)C1CCCC1. The normalized spacial score (nSPS) is 18.2. The fourth-order valence-electron chi connectivity index (χ4n) is 2.90. The van der Waals surface area contributed by atoms with Crippen LogP contribution in [0.15, 0.2) is 18.2 Å². The van der Waals surface area contributed by atoms with Crippen LogP contribution in [0.2, 0.25) is 0 Å². The maximum Gasteiger partial charge on any atom is 0.131 e. The minimum Gasteiger partial charge on any atom is -0.387 e. The molecule has 0 saturated heterocycles. The summed E-state index contributed by atoms with van der Waals surface area (Å²) in [4.78, 5) is 2.19. The Morgan fingerprint density at radius 2 is 2.00 bits per heavy atom. The number of rotatable bonds is 5. The van der Waals surface area contributed by atoms with E-state index in [0.717, 1.165) is 25.5 Å². The minimum absolute atomic E-state index is 0.179. The lowest BCUT2D eigenvalue weighted by Crippen LogP contribution is -2.36. The fourth-order valence-corrected chi connectivity index (χ4v) is 2.90. The van der Waals surface area contributed by atoms with Gasteiger partial charge in [-0.05, 0) is 25.5 Å². The highest BCUT2D eigenvalue weighted by Gasteiger charge is 2.24. The van der Waals surface area contributed by atoms with E-state index < -0.39 is 17.7 Å². The topological polar surface area (TPSA) is 23.5 Å². The molecule has 19 heavy (non-hydrogen) atoms. The first-order chi connectivity index (χ1) is 9.11. The van der Waals surface area contributed by atoms with E-state index in [-0.39, 0.29) is 5.56 Å². The van der Waals surface area contributed by atoms with E-state index in [0.29, 0.717) is 12.6 Å². The lowest BCUT2D eigenvalue weighted by Gasteiger charge is -2.29. The Balaban J connectivity index is 2.04. The van der Waals surface area contributed by atoms with Crippen molar-refractivity contribution in [1.82, 2.24) is 4.90 Å². The Bertz CT molecular complexity index is 419. The molecule has 1 fully saturated rings. The van der Waals surface area contributed by atoms with Gasteiger partial charge < -0.3 is 5.11 Å². The van der Waals surface area contributed by atoms with E-state index >= 15 is 0 Å². The number of hydrogen-bond acceptors (Lipinski definition) is 2. The van der Waals surface area contributed by atoms with Crippen LogP contribution in [0.3, 0.4) is 0 Å². The summed E-state index contributed by atoms with van der Waals surface area (Å²) in [6, 6.07) is 3.83. The van der Waals surface area contributed by atoms with Gasteiger partial charge in [0, 0.05) is 24.2 Å². The molecule has 0 aromatic heterocycles. The number of benzene rings is 1. The quantitative estimate of drug-likeness (QED) is 0.887. The monoisotopic (exact) mass is 269 g/mol. The van der Waals surface area contributed by atoms with Crippen LogP contribution in [0.1, 0.15) is 44.3 Å². The Hall–Kier alpha value is -1.00. The second kappa shape index (κ2) is 6.44. The summed E-state index contributed by atoms with van der Waals surface area (Å²) in [7, 11) is 0. The van der Waals surface area contributed by atoms with Crippen molar-refractivity contribution in [3.63, 3.8) is 0 Å². The van der Waals surface area contributed by atoms with Gasteiger partial charge in [-0.3, -0.25) is 4.90 Å². The number of hydrogen-bond donors (Lipinski definition) is 1. The number of likely N-dealkylation sites (N-methyl/N-ethyl adjacent to an activating group) is 1. The lowest BCUT2D eigenvalue weighted by atomic mass is 10.1. The first-order valence-corrected chi connectivity index (χ1v) is 6.99. The van der Waals surface area contributed by atoms with Crippen molar-refractivity contribution >= 4 is 0 Å². The Morgan fingerprint density at radius 3 is 2.58 bits per heavy atom. The second-order valence-corrected chi connectivity index (χ2v) is 5.21. The maximum absolute atomic E-state index is 13.6. The van der Waals surface area contributed by atoms with Gasteiger partial charge in [0.05, 0.1) is 6.10 Å². The van der Waals surface area contributed by atoms with Crippen molar-refractivity contribution in [3.05, 3.63) is 35.4 Å². The molecule has 0 amide bonds. The maximum atomic E-state index is 13.6. The van der Waals surface area contributed by atoms with Crippen LogP contribution in [0.5, 0.6) is 0 Å². The summed E-state index contributed by atoms with van der Waals surface area (Å²) >= 11 is 0. The minimum atomic E-state index is -0.902. The van der Waals surface area contributed by atoms with Crippen LogP contribution < -0.4 is 0 Å². The highest BCUT2D eigenvalue weighted by Crippen LogP contribution is 2.26. The largest absolute Gasteiger partial charge is 0.387 e. The van der Waals surface area contributed by atoms with Crippen LogP contribution in [-0.4, -0.2) is 29.1 Å². The third-order valence-corrected chi connectivity index (χ3v) is 3.98. The summed E-state index contributed by atoms with van der Waals surface area (Å²) in [5.41, 5.74) is 0.179. The molecule has 0 heterocycles. The van der Waals surface area contributed by atoms with Crippen molar-refractivity contribution < 1.29 is 13.9 Å². The standard InChI is InChI=1S/C15H21F2NO/c1-2-18(12-5-3-4-6-12)10-15(19)13-8-7-11(16)9-14(13)17/h7-9,12,15,19H,2-6,10H2,1H3. The number of aliphatic hydroxyl groups excluding tert-OH is 1. The van der Waals surface area contributed by atoms with Gasteiger partial charge in [-0.1, -0.05) is 25.8 Å². The number of nitrogens with zero attached hydrogens (tertiary/aromatic N) is 1. The van der Waals surface area contributed by atoms with Crippen LogP contribution in [0.25, 0.3) is 0 Å². The summed E-state index contributed by atoms with van der Waals surface area (Å²) in [6.07, 6.45) is 3.84. The first kappa shape index (κ1) is 14.4. The zero-order chi connectivity index (χ0) is 13.8. The van der Waals surface area contributed by atoms with Crippen molar-refractivity contribution in [2.45, 2.75) is 44.8 Å². The molecule has 4 heteroatoms. The van der Waals surface area contributed by atoms with Gasteiger partial charge in [-0.25, -0.2) is 8.78 Å². The summed E-state index contributed by atoms with van der Waals surface area (Å²) in [5.74, 6) is -1.29. The molecule has 1 saturated carbocycles. The van der Waals surface area contributed by atoms with Gasteiger partial charge in [-0.2, -0.15) is 0 Å². The molecule has 1 aromatic carbocycles. The lowest BCUT2D eigenvalue weighted by molar-refractivity contribution is 0.0889. The van der Waals surface area contributed by atoms with Gasteiger partial charge in [0.2, 0.25) is 0 Å². The Labute approximate surface area is 113 Å². The van der Waals surface area contributed by atoms with Crippen LogP contribution in [0, 0.1) is 11.6 Å². The predicted octanol–water partition coefficient (Wildman–Crippen LogP) is 3.26. The van der Waals surface area contributed by atoms with Crippen LogP contribution in [0.4, 0.5) is 8.78 Å². The fraction of sp³-hybridized carbons (Fsp3) is 0.600. The smallest absolute Gasteiger partial charge is 0.131 e. The van der Waals surface area contributed by atoms with E-state index in [1.165, 1.54) is 25.0 Å². The molecule has 1 aliphatic rings. The molecule has 1 N–H and O–H groups in total. The van der Waals surface area contributed by atoms with Crippen molar-refractivity contribution in [3.8, 4) is 0 Å². The first-order valence-electron chi connectivity index (χ1n) is 6.99. The van der Waals surface area contributed by atoms with E-state index in [1.807, 2.05) is 6.92 Å². The average Bonchev–Trinajstić information content (AvgIpc) is 2.89. The summed E-state index contributed by atoms with van der Waals surface area (Å²) in [6.45, 7) is 3.29. The van der Waals surface area contributed by atoms with Crippen LogP contribution >= 0.6 is 0 Å². The van der Waals surface area contributed by atoms with E-state index in [9.17, 15) is 13.9 Å². The third kappa shape index (κ3) is 3.51. The molecule has 1 atom stereocenters. The highest BCUT2D eigenvalue weighted by molar-refractivity contribution is 5.21. The molecule has 1 aromatic rings. The summed E-state index contributed by atoms with van der Waals surface area (Å²) < 4.78 is 26.5. The van der Waals surface area contributed by atoms with Crippen molar-refractivity contribution in [2.75, 3.05) is 13.1 Å². The molecule has 2 rings (SSSR count). The number of aliphatic hydroxyl groups is 1. The average molecular weight is 269 g/mol. The molecule has 1 aliphatic carbocycles. The Kier molecular flexibility index (Phi) is 4.88. The second-order valence-electron chi connectivity index (χ2n) is 5.21. The van der Waals surface area contributed by atoms with Crippen molar-refractivity contribution in [1.29, 1.82) is 0 Å². The third-order valence-electron chi connectivity index (χ3n) is 3.98. The van der Waals surface area contributed by atoms with E-state index in [4.69, 9.17) is 0 Å². The molecule has 0 bridgehead atoms. The molecule has 0 aliphatic heterocycles. The highest BCUT2D eigenvalue weighted by atomic mass is 19.1. The zero-order valence-corrected chi connectivity index (χ0v) is 11.3. The van der Waals surface area contributed by atoms with Gasteiger partial charge in [0.1, 0.15) is 11.6 Å².